The van der Waals surface area contributed by atoms with E-state index in [1.54, 1.807) is 0 Å². The van der Waals surface area contributed by atoms with E-state index in [2.05, 4.69) is 10.1 Å². The normalized spacial score (nSPS) is 14.9. The van der Waals surface area contributed by atoms with Crippen LogP contribution in [0.1, 0.15) is 53.6 Å². The quantitative estimate of drug-likeness (QED) is 0.632. The lowest BCUT2D eigenvalue weighted by molar-refractivity contribution is -0.116. The Morgan fingerprint density at radius 2 is 1.69 bits per heavy atom. The second kappa shape index (κ2) is 10.3. The van der Waals surface area contributed by atoms with Crippen LogP contribution in [0.5, 0.6) is 0 Å². The Morgan fingerprint density at radius 3 is 2.28 bits per heavy atom. The number of rotatable bonds is 7. The summed E-state index contributed by atoms with van der Waals surface area (Å²) in [5.74, 6) is -0.914. The molecule has 0 saturated heterocycles. The minimum atomic E-state index is -3.93. The van der Waals surface area contributed by atoms with Gasteiger partial charge < -0.3 is 10.1 Å². The van der Waals surface area contributed by atoms with Crippen LogP contribution < -0.4 is 5.32 Å². The molecule has 0 bridgehead atoms. The molecule has 1 fully saturated rings. The Bertz CT molecular complexity index is 1070. The molecule has 0 heterocycles. The number of carbonyl (C=O) groups is 2. The summed E-state index contributed by atoms with van der Waals surface area (Å²) in [5, 5.41) is 2.86. The number of nitrogens with one attached hydrogen (secondary N) is 1. The summed E-state index contributed by atoms with van der Waals surface area (Å²) in [4.78, 5) is 24.6. The Morgan fingerprint density at radius 1 is 1.03 bits per heavy atom. The molecule has 8 heteroatoms. The van der Waals surface area contributed by atoms with E-state index in [0.717, 1.165) is 43.2 Å². The molecule has 0 spiro atoms. The molecule has 0 unspecified atom stereocenters. The number of hydrogen-bond acceptors (Lipinski definition) is 5. The number of nitrogens with zero attached hydrogens (tertiary/aromatic N) is 1. The van der Waals surface area contributed by atoms with Gasteiger partial charge in [0.25, 0.3) is 0 Å². The van der Waals surface area contributed by atoms with E-state index in [0.29, 0.717) is 5.69 Å². The van der Waals surface area contributed by atoms with Crippen LogP contribution in [0.3, 0.4) is 0 Å². The second-order valence-electron chi connectivity index (χ2n) is 8.22. The zero-order valence-electron chi connectivity index (χ0n) is 18.8. The number of hydrogen-bond donors (Lipinski definition) is 1. The van der Waals surface area contributed by atoms with Crippen molar-refractivity contribution < 1.29 is 22.7 Å². The van der Waals surface area contributed by atoms with Gasteiger partial charge in [-0.1, -0.05) is 37.0 Å². The highest BCUT2D eigenvalue weighted by Gasteiger charge is 2.34. The van der Waals surface area contributed by atoms with E-state index >= 15 is 0 Å². The molecule has 1 N–H and O–H groups in total. The number of sulfonamides is 1. The summed E-state index contributed by atoms with van der Waals surface area (Å²) in [7, 11) is -2.66. The number of esters is 1. The van der Waals surface area contributed by atoms with Crippen LogP contribution in [0, 0.1) is 13.8 Å². The van der Waals surface area contributed by atoms with Gasteiger partial charge in [-0.05, 0) is 62.6 Å². The van der Waals surface area contributed by atoms with E-state index in [9.17, 15) is 18.0 Å². The van der Waals surface area contributed by atoms with E-state index in [1.807, 2.05) is 32.0 Å². The minimum absolute atomic E-state index is 0.0510. The van der Waals surface area contributed by atoms with Crippen LogP contribution in [0.25, 0.3) is 0 Å². The third-order valence-corrected chi connectivity index (χ3v) is 7.73. The fourth-order valence-electron chi connectivity index (χ4n) is 4.08. The maximum atomic E-state index is 13.5. The van der Waals surface area contributed by atoms with Gasteiger partial charge in [0.05, 0.1) is 24.1 Å². The molecule has 0 aromatic heterocycles. The number of ether oxygens (including phenoxy) is 1. The third kappa shape index (κ3) is 5.55. The van der Waals surface area contributed by atoms with Crippen LogP contribution in [-0.4, -0.2) is 44.3 Å². The minimum Gasteiger partial charge on any atom is -0.465 e. The monoisotopic (exact) mass is 458 g/mol. The molecule has 0 atom stereocenters. The zero-order valence-corrected chi connectivity index (χ0v) is 19.6. The van der Waals surface area contributed by atoms with Crippen molar-refractivity contribution in [1.82, 2.24) is 4.31 Å². The van der Waals surface area contributed by atoms with Gasteiger partial charge in [-0.15, -0.1) is 0 Å². The molecule has 1 aliphatic rings. The zero-order chi connectivity index (χ0) is 23.3. The van der Waals surface area contributed by atoms with E-state index < -0.39 is 16.0 Å². The lowest BCUT2D eigenvalue weighted by Crippen LogP contribution is -2.45. The smallest absolute Gasteiger partial charge is 0.337 e. The van der Waals surface area contributed by atoms with Crippen LogP contribution in [-0.2, 0) is 19.6 Å². The molecule has 32 heavy (non-hydrogen) atoms. The average molecular weight is 459 g/mol. The highest BCUT2D eigenvalue weighted by molar-refractivity contribution is 7.89. The predicted octanol–water partition coefficient (Wildman–Crippen LogP) is 4.05. The van der Waals surface area contributed by atoms with Gasteiger partial charge in [0.2, 0.25) is 15.9 Å². The molecule has 1 aliphatic carbocycles. The molecule has 2 aromatic rings. The van der Waals surface area contributed by atoms with Gasteiger partial charge in [-0.3, -0.25) is 4.79 Å². The van der Waals surface area contributed by atoms with Gasteiger partial charge in [0.1, 0.15) is 0 Å². The number of methoxy groups -OCH3 is 1. The number of carbonyl (C=O) groups excluding carboxylic acids is 2. The van der Waals surface area contributed by atoms with Crippen molar-refractivity contribution in [3.05, 3.63) is 59.2 Å². The summed E-state index contributed by atoms with van der Waals surface area (Å²) in [6, 6.07) is 11.1. The van der Waals surface area contributed by atoms with Crippen molar-refractivity contribution in [2.24, 2.45) is 0 Å². The Kier molecular flexibility index (Phi) is 7.69. The number of aryl methyl sites for hydroxylation is 2. The molecule has 1 saturated carbocycles. The summed E-state index contributed by atoms with van der Waals surface area (Å²) in [6.45, 7) is 3.61. The Labute approximate surface area is 189 Å². The van der Waals surface area contributed by atoms with Crippen molar-refractivity contribution in [2.45, 2.75) is 56.9 Å². The fraction of sp³-hybridized carbons (Fsp3) is 0.417. The molecule has 2 aromatic carbocycles. The van der Waals surface area contributed by atoms with Crippen LogP contribution in [0.15, 0.2) is 47.4 Å². The first-order valence-electron chi connectivity index (χ1n) is 10.8. The van der Waals surface area contributed by atoms with Crippen molar-refractivity contribution in [2.75, 3.05) is 19.0 Å². The topological polar surface area (TPSA) is 92.8 Å². The summed E-state index contributed by atoms with van der Waals surface area (Å²) in [5.41, 5.74) is 2.94. The average Bonchev–Trinajstić information content (AvgIpc) is 2.79. The molecular weight excluding hydrogens is 428 g/mol. The van der Waals surface area contributed by atoms with Gasteiger partial charge in [0, 0.05) is 11.7 Å². The second-order valence-corrected chi connectivity index (χ2v) is 10.1. The summed E-state index contributed by atoms with van der Waals surface area (Å²) >= 11 is 0. The van der Waals surface area contributed by atoms with Gasteiger partial charge in [-0.25, -0.2) is 13.2 Å². The molecule has 0 aliphatic heterocycles. The van der Waals surface area contributed by atoms with Gasteiger partial charge in [0.15, 0.2) is 0 Å². The van der Waals surface area contributed by atoms with Crippen LogP contribution in [0.4, 0.5) is 5.69 Å². The first-order valence-corrected chi connectivity index (χ1v) is 12.2. The SMILES string of the molecule is COC(=O)c1ccc(S(=O)(=O)N(CC(=O)Nc2ccc(C)cc2C)C2CCCCC2)cc1. The fourth-order valence-corrected chi connectivity index (χ4v) is 5.72. The Balaban J connectivity index is 1.86. The molecule has 172 valence electrons. The van der Waals surface area contributed by atoms with E-state index in [4.69, 9.17) is 0 Å². The number of anilines is 1. The first kappa shape index (κ1) is 23.9. The molecule has 7 nitrogen and oxygen atoms in total. The van der Waals surface area contributed by atoms with Crippen molar-refractivity contribution >= 4 is 27.6 Å². The molecule has 3 rings (SSSR count). The lowest BCUT2D eigenvalue weighted by atomic mass is 9.95. The number of benzene rings is 2. The molecular formula is C24H30N2O5S. The number of amides is 1. The highest BCUT2D eigenvalue weighted by Crippen LogP contribution is 2.28. The van der Waals surface area contributed by atoms with E-state index in [1.165, 1.54) is 35.7 Å². The maximum Gasteiger partial charge on any atom is 0.337 e. The third-order valence-electron chi connectivity index (χ3n) is 5.82. The molecule has 0 radical (unpaired) electrons. The van der Waals surface area contributed by atoms with Crippen LogP contribution >= 0.6 is 0 Å². The Hall–Kier alpha value is -2.71. The van der Waals surface area contributed by atoms with Crippen molar-refractivity contribution in [3.63, 3.8) is 0 Å². The first-order chi connectivity index (χ1) is 15.2. The summed E-state index contributed by atoms with van der Waals surface area (Å²) < 4.78 is 33.0. The van der Waals surface area contributed by atoms with E-state index in [-0.39, 0.29) is 29.0 Å². The predicted molar refractivity (Wildman–Crippen MR) is 123 cm³/mol. The lowest BCUT2D eigenvalue weighted by Gasteiger charge is -2.33. The highest BCUT2D eigenvalue weighted by atomic mass is 32.2. The standard InChI is InChI=1S/C24H30N2O5S/c1-17-9-14-22(18(2)15-17)25-23(27)16-26(20-7-5-4-6-8-20)32(29,30)21-12-10-19(11-13-21)24(28)31-3/h9-15,20H,4-8,16H2,1-3H3,(H,25,27). The van der Waals surface area contributed by atoms with Gasteiger partial charge in [-0.2, -0.15) is 4.31 Å². The molecule has 1 amide bonds. The van der Waals surface area contributed by atoms with Crippen molar-refractivity contribution in [1.29, 1.82) is 0 Å². The largest absolute Gasteiger partial charge is 0.465 e. The maximum absolute atomic E-state index is 13.5. The van der Waals surface area contributed by atoms with Crippen molar-refractivity contribution in [3.8, 4) is 0 Å². The van der Waals surface area contributed by atoms with Crippen LogP contribution in [0.2, 0.25) is 0 Å². The van der Waals surface area contributed by atoms with Gasteiger partial charge >= 0.3 is 5.97 Å². The summed E-state index contributed by atoms with van der Waals surface area (Å²) in [6.07, 6.45) is 4.35.